The lowest BCUT2D eigenvalue weighted by atomic mass is 10.1. The maximum absolute atomic E-state index is 5.33. The van der Waals surface area contributed by atoms with Crippen LogP contribution in [0.5, 0.6) is 0 Å². The van der Waals surface area contributed by atoms with E-state index in [0.29, 0.717) is 6.54 Å². The molecular weight excluding hydrogens is 236 g/mol. The Balaban J connectivity index is 1.69. The SMILES string of the molecule is c1ccc(NCc2cc(-c3ccccc3)no2)cc1. The van der Waals surface area contributed by atoms with Crippen molar-refractivity contribution in [3.8, 4) is 11.3 Å². The summed E-state index contributed by atoms with van der Waals surface area (Å²) in [6.07, 6.45) is 0. The summed E-state index contributed by atoms with van der Waals surface area (Å²) in [4.78, 5) is 0. The summed E-state index contributed by atoms with van der Waals surface area (Å²) in [5, 5.41) is 7.38. The van der Waals surface area contributed by atoms with Gasteiger partial charge in [-0.3, -0.25) is 0 Å². The number of hydrogen-bond acceptors (Lipinski definition) is 3. The minimum atomic E-state index is 0.629. The van der Waals surface area contributed by atoms with Gasteiger partial charge in [0.05, 0.1) is 6.54 Å². The minimum Gasteiger partial charge on any atom is -0.378 e. The van der Waals surface area contributed by atoms with Crippen LogP contribution in [0, 0.1) is 0 Å². The fourth-order valence-electron chi connectivity index (χ4n) is 1.89. The average Bonchev–Trinajstić information content (AvgIpc) is 2.96. The molecule has 0 aliphatic carbocycles. The van der Waals surface area contributed by atoms with Gasteiger partial charge in [-0.2, -0.15) is 0 Å². The number of hydrogen-bond donors (Lipinski definition) is 1. The summed E-state index contributed by atoms with van der Waals surface area (Å²) >= 11 is 0. The Morgan fingerprint density at radius 2 is 1.58 bits per heavy atom. The van der Waals surface area contributed by atoms with Crippen molar-refractivity contribution in [3.63, 3.8) is 0 Å². The second-order valence-corrected chi connectivity index (χ2v) is 4.26. The first-order valence-electron chi connectivity index (χ1n) is 6.22. The number of nitrogens with zero attached hydrogens (tertiary/aromatic N) is 1. The highest BCUT2D eigenvalue weighted by molar-refractivity contribution is 5.58. The summed E-state index contributed by atoms with van der Waals surface area (Å²) in [7, 11) is 0. The molecule has 0 saturated heterocycles. The van der Waals surface area contributed by atoms with Gasteiger partial charge in [0, 0.05) is 17.3 Å². The first-order chi connectivity index (χ1) is 9.42. The van der Waals surface area contributed by atoms with Gasteiger partial charge >= 0.3 is 0 Å². The van der Waals surface area contributed by atoms with E-state index in [0.717, 1.165) is 22.7 Å². The van der Waals surface area contributed by atoms with E-state index in [1.807, 2.05) is 66.7 Å². The molecule has 0 aliphatic rings. The average molecular weight is 250 g/mol. The van der Waals surface area contributed by atoms with Gasteiger partial charge in [-0.1, -0.05) is 53.7 Å². The molecule has 3 aromatic rings. The highest BCUT2D eigenvalue weighted by Crippen LogP contribution is 2.19. The topological polar surface area (TPSA) is 38.1 Å². The number of nitrogens with one attached hydrogen (secondary N) is 1. The third-order valence-corrected chi connectivity index (χ3v) is 2.87. The molecular formula is C16H14N2O. The molecule has 1 N–H and O–H groups in total. The summed E-state index contributed by atoms with van der Waals surface area (Å²) in [6, 6.07) is 22.0. The number of rotatable bonds is 4. The summed E-state index contributed by atoms with van der Waals surface area (Å²) in [5.74, 6) is 0.822. The van der Waals surface area contributed by atoms with E-state index >= 15 is 0 Å². The third-order valence-electron chi connectivity index (χ3n) is 2.87. The van der Waals surface area contributed by atoms with Crippen molar-refractivity contribution in [3.05, 3.63) is 72.5 Å². The van der Waals surface area contributed by atoms with Crippen LogP contribution >= 0.6 is 0 Å². The quantitative estimate of drug-likeness (QED) is 0.761. The maximum Gasteiger partial charge on any atom is 0.156 e. The second-order valence-electron chi connectivity index (χ2n) is 4.26. The van der Waals surface area contributed by atoms with Gasteiger partial charge < -0.3 is 9.84 Å². The Bertz CT molecular complexity index is 632. The first-order valence-corrected chi connectivity index (χ1v) is 6.22. The van der Waals surface area contributed by atoms with Gasteiger partial charge in [0.1, 0.15) is 5.69 Å². The van der Waals surface area contributed by atoms with E-state index in [1.165, 1.54) is 0 Å². The fourth-order valence-corrected chi connectivity index (χ4v) is 1.89. The van der Waals surface area contributed by atoms with Crippen molar-refractivity contribution < 1.29 is 4.52 Å². The number of para-hydroxylation sites is 1. The molecule has 1 heterocycles. The van der Waals surface area contributed by atoms with Crippen molar-refractivity contribution in [1.29, 1.82) is 0 Å². The Hall–Kier alpha value is -2.55. The Morgan fingerprint density at radius 3 is 2.32 bits per heavy atom. The maximum atomic E-state index is 5.33. The summed E-state index contributed by atoms with van der Waals surface area (Å²) in [6.45, 7) is 0.629. The lowest BCUT2D eigenvalue weighted by Crippen LogP contribution is -1.97. The molecule has 0 saturated carbocycles. The molecule has 0 bridgehead atoms. The minimum absolute atomic E-state index is 0.629. The second kappa shape index (κ2) is 5.40. The molecule has 0 fully saturated rings. The summed E-state index contributed by atoms with van der Waals surface area (Å²) < 4.78 is 5.33. The van der Waals surface area contributed by atoms with Crippen molar-refractivity contribution in [1.82, 2.24) is 5.16 Å². The fraction of sp³-hybridized carbons (Fsp3) is 0.0625. The van der Waals surface area contributed by atoms with Gasteiger partial charge in [0.15, 0.2) is 5.76 Å². The molecule has 0 atom stereocenters. The molecule has 0 amide bonds. The third kappa shape index (κ3) is 2.83. The zero-order valence-electron chi connectivity index (χ0n) is 10.4. The largest absolute Gasteiger partial charge is 0.378 e. The van der Waals surface area contributed by atoms with Crippen LogP contribution < -0.4 is 5.32 Å². The molecule has 3 rings (SSSR count). The molecule has 1 aromatic heterocycles. The van der Waals surface area contributed by atoms with Crippen molar-refractivity contribution in [2.24, 2.45) is 0 Å². The van der Waals surface area contributed by atoms with Crippen LogP contribution in [0.1, 0.15) is 5.76 Å². The number of anilines is 1. The van der Waals surface area contributed by atoms with Gasteiger partial charge in [-0.25, -0.2) is 0 Å². The van der Waals surface area contributed by atoms with Gasteiger partial charge in [-0.05, 0) is 12.1 Å². The smallest absolute Gasteiger partial charge is 0.156 e. The van der Waals surface area contributed by atoms with E-state index in [-0.39, 0.29) is 0 Å². The van der Waals surface area contributed by atoms with Crippen molar-refractivity contribution in [2.45, 2.75) is 6.54 Å². The van der Waals surface area contributed by atoms with Crippen molar-refractivity contribution in [2.75, 3.05) is 5.32 Å². The van der Waals surface area contributed by atoms with Gasteiger partial charge in [0.2, 0.25) is 0 Å². The van der Waals surface area contributed by atoms with Crippen LogP contribution in [-0.2, 0) is 6.54 Å². The number of benzene rings is 2. The predicted octanol–water partition coefficient (Wildman–Crippen LogP) is 3.95. The zero-order valence-corrected chi connectivity index (χ0v) is 10.4. The lowest BCUT2D eigenvalue weighted by molar-refractivity contribution is 0.390. The normalized spacial score (nSPS) is 10.3. The molecule has 0 radical (unpaired) electrons. The molecule has 19 heavy (non-hydrogen) atoms. The van der Waals surface area contributed by atoms with Crippen LogP contribution in [0.3, 0.4) is 0 Å². The van der Waals surface area contributed by atoms with E-state index in [2.05, 4.69) is 10.5 Å². The molecule has 3 nitrogen and oxygen atoms in total. The first kappa shape index (κ1) is 11.5. The number of aromatic nitrogens is 1. The van der Waals surface area contributed by atoms with E-state index < -0.39 is 0 Å². The lowest BCUT2D eigenvalue weighted by Gasteiger charge is -2.01. The Morgan fingerprint density at radius 1 is 0.895 bits per heavy atom. The van der Waals surface area contributed by atoms with Crippen LogP contribution in [0.4, 0.5) is 5.69 Å². The van der Waals surface area contributed by atoms with Crippen LogP contribution in [0.15, 0.2) is 71.3 Å². The molecule has 94 valence electrons. The van der Waals surface area contributed by atoms with E-state index in [9.17, 15) is 0 Å². The van der Waals surface area contributed by atoms with Crippen molar-refractivity contribution >= 4 is 5.69 Å². The van der Waals surface area contributed by atoms with Crippen LogP contribution in [0.25, 0.3) is 11.3 Å². The summed E-state index contributed by atoms with van der Waals surface area (Å²) in [5.41, 5.74) is 3.00. The van der Waals surface area contributed by atoms with E-state index in [1.54, 1.807) is 0 Å². The molecule has 0 unspecified atom stereocenters. The van der Waals surface area contributed by atoms with Gasteiger partial charge in [-0.15, -0.1) is 0 Å². The predicted molar refractivity (Wildman–Crippen MR) is 75.7 cm³/mol. The van der Waals surface area contributed by atoms with E-state index in [4.69, 9.17) is 4.52 Å². The highest BCUT2D eigenvalue weighted by atomic mass is 16.5. The Kier molecular flexibility index (Phi) is 3.28. The molecule has 3 heteroatoms. The monoisotopic (exact) mass is 250 g/mol. The van der Waals surface area contributed by atoms with Crippen LogP contribution in [-0.4, -0.2) is 5.16 Å². The van der Waals surface area contributed by atoms with Crippen LogP contribution in [0.2, 0.25) is 0 Å². The Labute approximate surface area is 111 Å². The molecule has 2 aromatic carbocycles. The highest BCUT2D eigenvalue weighted by Gasteiger charge is 2.05. The molecule has 0 aliphatic heterocycles. The zero-order chi connectivity index (χ0) is 12.9. The van der Waals surface area contributed by atoms with Gasteiger partial charge in [0.25, 0.3) is 0 Å². The molecule has 0 spiro atoms. The standard InChI is InChI=1S/C16H14N2O/c1-3-7-13(8-4-1)16-11-15(19-18-16)12-17-14-9-5-2-6-10-14/h1-11,17H,12H2.